The normalized spacial score (nSPS) is 12.7. The number of primary amides is 1. The molecule has 1 aromatic rings. The Labute approximate surface area is 120 Å². The van der Waals surface area contributed by atoms with Crippen LogP contribution in [0.5, 0.6) is 0 Å². The van der Waals surface area contributed by atoms with Crippen molar-refractivity contribution in [2.24, 2.45) is 11.7 Å². The molecule has 0 aliphatic carbocycles. The van der Waals surface area contributed by atoms with E-state index in [9.17, 15) is 9.18 Å². The topological polar surface area (TPSA) is 55.1 Å². The number of hydrogen-bond donors (Lipinski definition) is 2. The van der Waals surface area contributed by atoms with E-state index in [0.29, 0.717) is 29.6 Å². The summed E-state index contributed by atoms with van der Waals surface area (Å²) < 4.78 is 13.6. The molecule has 0 heterocycles. The fourth-order valence-corrected chi connectivity index (χ4v) is 2.08. The molecular weight excluding hydrogens is 255 g/mol. The Morgan fingerprint density at radius 3 is 2.60 bits per heavy atom. The second kappa shape index (κ2) is 8.00. The van der Waals surface area contributed by atoms with Crippen LogP contribution in [0.25, 0.3) is 0 Å². The van der Waals surface area contributed by atoms with Crippen LogP contribution in [0.1, 0.15) is 56.0 Å². The maximum Gasteiger partial charge on any atom is 0.248 e. The van der Waals surface area contributed by atoms with Crippen molar-refractivity contribution in [2.45, 2.75) is 52.6 Å². The molecule has 1 unspecified atom stereocenters. The van der Waals surface area contributed by atoms with Gasteiger partial charge in [0.05, 0.1) is 0 Å². The van der Waals surface area contributed by atoms with E-state index in [1.54, 1.807) is 0 Å². The number of nitrogens with two attached hydrogens (primary N) is 1. The van der Waals surface area contributed by atoms with Crippen LogP contribution in [0.15, 0.2) is 18.2 Å². The van der Waals surface area contributed by atoms with Crippen molar-refractivity contribution < 1.29 is 9.18 Å². The molecule has 0 fully saturated rings. The highest BCUT2D eigenvalue weighted by molar-refractivity contribution is 5.92. The van der Waals surface area contributed by atoms with Crippen LogP contribution in [-0.4, -0.2) is 11.9 Å². The van der Waals surface area contributed by atoms with Gasteiger partial charge in [0.2, 0.25) is 5.91 Å². The Balaban J connectivity index is 2.48. The minimum atomic E-state index is -0.531. The lowest BCUT2D eigenvalue weighted by Gasteiger charge is -2.15. The number of carbonyl (C=O) groups is 1. The van der Waals surface area contributed by atoms with E-state index in [0.717, 1.165) is 12.8 Å². The quantitative estimate of drug-likeness (QED) is 0.768. The van der Waals surface area contributed by atoms with Crippen molar-refractivity contribution >= 4 is 5.91 Å². The average molecular weight is 280 g/mol. The number of halogens is 1. The van der Waals surface area contributed by atoms with E-state index in [4.69, 9.17) is 5.73 Å². The fourth-order valence-electron chi connectivity index (χ4n) is 2.08. The van der Waals surface area contributed by atoms with Crippen molar-refractivity contribution in [3.05, 3.63) is 35.1 Å². The summed E-state index contributed by atoms with van der Waals surface area (Å²) >= 11 is 0. The molecule has 1 amide bonds. The standard InChI is InChI=1S/C16H25FN2O/c1-11(2)5-4-6-12(3)19-10-14-9-13(16(18)20)7-8-15(14)17/h7-9,11-12,19H,4-6,10H2,1-3H3,(H2,18,20). The molecule has 0 radical (unpaired) electrons. The second-order valence-corrected chi connectivity index (χ2v) is 5.78. The maximum absolute atomic E-state index is 13.6. The minimum absolute atomic E-state index is 0.308. The van der Waals surface area contributed by atoms with Gasteiger partial charge in [-0.25, -0.2) is 4.39 Å². The summed E-state index contributed by atoms with van der Waals surface area (Å²) in [6.07, 6.45) is 3.43. The zero-order valence-electron chi connectivity index (χ0n) is 12.6. The van der Waals surface area contributed by atoms with E-state index in [1.165, 1.54) is 24.6 Å². The summed E-state index contributed by atoms with van der Waals surface area (Å²) in [4.78, 5) is 11.1. The van der Waals surface area contributed by atoms with Crippen LogP contribution in [0.4, 0.5) is 4.39 Å². The largest absolute Gasteiger partial charge is 0.366 e. The van der Waals surface area contributed by atoms with Crippen LogP contribution in [0, 0.1) is 11.7 Å². The third kappa shape index (κ3) is 5.70. The van der Waals surface area contributed by atoms with Gasteiger partial charge in [-0.15, -0.1) is 0 Å². The van der Waals surface area contributed by atoms with Gasteiger partial charge >= 0.3 is 0 Å². The monoisotopic (exact) mass is 280 g/mol. The highest BCUT2D eigenvalue weighted by atomic mass is 19.1. The lowest BCUT2D eigenvalue weighted by molar-refractivity contribution is 0.1000. The maximum atomic E-state index is 13.6. The van der Waals surface area contributed by atoms with Crippen molar-refractivity contribution in [3.8, 4) is 0 Å². The third-order valence-electron chi connectivity index (χ3n) is 3.39. The van der Waals surface area contributed by atoms with Crippen LogP contribution >= 0.6 is 0 Å². The van der Waals surface area contributed by atoms with Crippen molar-refractivity contribution in [1.82, 2.24) is 5.32 Å². The summed E-state index contributed by atoms with van der Waals surface area (Å²) in [6.45, 7) is 6.93. The van der Waals surface area contributed by atoms with Gasteiger partial charge in [0, 0.05) is 23.7 Å². The van der Waals surface area contributed by atoms with Crippen LogP contribution in [-0.2, 0) is 6.54 Å². The number of amides is 1. The molecule has 1 atom stereocenters. The van der Waals surface area contributed by atoms with Gasteiger partial charge < -0.3 is 11.1 Å². The summed E-state index contributed by atoms with van der Waals surface area (Å²) in [5.74, 6) is -0.125. The van der Waals surface area contributed by atoms with Gasteiger partial charge in [0.15, 0.2) is 0 Å². The van der Waals surface area contributed by atoms with Crippen molar-refractivity contribution in [1.29, 1.82) is 0 Å². The molecule has 0 spiro atoms. The first-order valence-corrected chi connectivity index (χ1v) is 7.21. The van der Waals surface area contributed by atoms with E-state index in [2.05, 4.69) is 26.1 Å². The molecule has 0 saturated carbocycles. The molecule has 4 heteroatoms. The molecule has 20 heavy (non-hydrogen) atoms. The van der Waals surface area contributed by atoms with Gasteiger partial charge in [-0.1, -0.05) is 26.7 Å². The van der Waals surface area contributed by atoms with Gasteiger partial charge in [-0.3, -0.25) is 4.79 Å². The van der Waals surface area contributed by atoms with E-state index >= 15 is 0 Å². The Morgan fingerprint density at radius 2 is 2.00 bits per heavy atom. The van der Waals surface area contributed by atoms with Crippen molar-refractivity contribution in [2.75, 3.05) is 0 Å². The number of rotatable bonds is 8. The molecule has 0 aromatic heterocycles. The SMILES string of the molecule is CC(C)CCCC(C)NCc1cc(C(N)=O)ccc1F. The summed E-state index contributed by atoms with van der Waals surface area (Å²) in [6, 6.07) is 4.55. The minimum Gasteiger partial charge on any atom is -0.366 e. The molecule has 3 nitrogen and oxygen atoms in total. The zero-order chi connectivity index (χ0) is 15.1. The predicted octanol–water partition coefficient (Wildman–Crippen LogP) is 3.23. The second-order valence-electron chi connectivity index (χ2n) is 5.78. The first-order chi connectivity index (χ1) is 9.40. The summed E-state index contributed by atoms with van der Waals surface area (Å²) in [5, 5.41) is 3.29. The van der Waals surface area contributed by atoms with Crippen LogP contribution in [0.3, 0.4) is 0 Å². The van der Waals surface area contributed by atoms with Crippen LogP contribution in [0.2, 0.25) is 0 Å². The molecule has 0 bridgehead atoms. The zero-order valence-corrected chi connectivity index (χ0v) is 12.6. The molecule has 1 rings (SSSR count). The smallest absolute Gasteiger partial charge is 0.248 e. The van der Waals surface area contributed by atoms with Crippen LogP contribution < -0.4 is 11.1 Å². The highest BCUT2D eigenvalue weighted by Gasteiger charge is 2.09. The molecule has 0 aliphatic rings. The van der Waals surface area contributed by atoms with Gasteiger partial charge in [-0.2, -0.15) is 0 Å². The Kier molecular flexibility index (Phi) is 6.65. The first-order valence-electron chi connectivity index (χ1n) is 7.21. The molecule has 1 aromatic carbocycles. The Bertz CT molecular complexity index is 446. The number of benzene rings is 1. The molecule has 3 N–H and O–H groups in total. The Morgan fingerprint density at radius 1 is 1.30 bits per heavy atom. The van der Waals surface area contributed by atoms with E-state index < -0.39 is 5.91 Å². The summed E-state index contributed by atoms with van der Waals surface area (Å²) in [5.41, 5.74) is 6.03. The predicted molar refractivity (Wildman–Crippen MR) is 79.9 cm³/mol. The van der Waals surface area contributed by atoms with E-state index in [1.807, 2.05) is 0 Å². The lowest BCUT2D eigenvalue weighted by Crippen LogP contribution is -2.26. The third-order valence-corrected chi connectivity index (χ3v) is 3.39. The molecule has 0 saturated heterocycles. The van der Waals surface area contributed by atoms with Gasteiger partial charge in [-0.05, 0) is 37.5 Å². The fraction of sp³-hybridized carbons (Fsp3) is 0.562. The Hall–Kier alpha value is -1.42. The van der Waals surface area contributed by atoms with Gasteiger partial charge in [0.1, 0.15) is 5.82 Å². The first kappa shape index (κ1) is 16.6. The number of hydrogen-bond acceptors (Lipinski definition) is 2. The summed E-state index contributed by atoms with van der Waals surface area (Å²) in [7, 11) is 0. The molecule has 0 aliphatic heterocycles. The number of carbonyl (C=O) groups excluding carboxylic acids is 1. The van der Waals surface area contributed by atoms with Crippen molar-refractivity contribution in [3.63, 3.8) is 0 Å². The molecule has 112 valence electrons. The van der Waals surface area contributed by atoms with Gasteiger partial charge in [0.25, 0.3) is 0 Å². The lowest BCUT2D eigenvalue weighted by atomic mass is 10.0. The average Bonchev–Trinajstić information content (AvgIpc) is 2.37. The molecular formula is C16H25FN2O. The highest BCUT2D eigenvalue weighted by Crippen LogP contribution is 2.12. The number of nitrogens with one attached hydrogen (secondary N) is 1. The van der Waals surface area contributed by atoms with E-state index in [-0.39, 0.29) is 5.82 Å².